The fourth-order valence-corrected chi connectivity index (χ4v) is 4.20. The summed E-state index contributed by atoms with van der Waals surface area (Å²) in [6.45, 7) is 8.08. The highest BCUT2D eigenvalue weighted by Gasteiger charge is 2.32. The zero-order valence-electron chi connectivity index (χ0n) is 23.0. The minimum absolute atomic E-state index is 0.0619. The van der Waals surface area contributed by atoms with Gasteiger partial charge in [0, 0.05) is 44.4 Å². The molecule has 0 aliphatic carbocycles. The van der Waals surface area contributed by atoms with Crippen LogP contribution in [0.2, 0.25) is 0 Å². The van der Waals surface area contributed by atoms with Gasteiger partial charge in [-0.25, -0.2) is 4.98 Å². The monoisotopic (exact) mass is 524 g/mol. The topological polar surface area (TPSA) is 151 Å². The smallest absolute Gasteiger partial charge is 0.273 e. The largest absolute Gasteiger partial charge is 0.491 e. The molecule has 1 aliphatic rings. The summed E-state index contributed by atoms with van der Waals surface area (Å²) in [5.41, 5.74) is 7.90. The van der Waals surface area contributed by atoms with E-state index in [1.165, 1.54) is 7.05 Å². The normalized spacial score (nSPS) is 12.7. The number of nitrogens with two attached hydrogens (primary N) is 1. The number of carbonyl (C=O) groups is 3. The summed E-state index contributed by atoms with van der Waals surface area (Å²) in [5.74, 6) is -0.316. The van der Waals surface area contributed by atoms with Crippen molar-refractivity contribution >= 4 is 29.1 Å². The van der Waals surface area contributed by atoms with E-state index in [0.717, 1.165) is 5.56 Å². The second-order valence-electron chi connectivity index (χ2n) is 10.3. The first-order chi connectivity index (χ1) is 17.8. The van der Waals surface area contributed by atoms with E-state index in [4.69, 9.17) is 20.6 Å². The van der Waals surface area contributed by atoms with Crippen molar-refractivity contribution in [1.29, 1.82) is 5.41 Å². The molecule has 4 N–H and O–H groups in total. The summed E-state index contributed by atoms with van der Waals surface area (Å²) < 4.78 is 11.4. The van der Waals surface area contributed by atoms with Crippen molar-refractivity contribution < 1.29 is 23.9 Å². The molecule has 0 saturated carbocycles. The number of anilines is 1. The molecule has 1 aliphatic heterocycles. The number of amides is 2. The Morgan fingerprint density at radius 1 is 1.18 bits per heavy atom. The highest BCUT2D eigenvalue weighted by atomic mass is 16.5. The number of ketones is 1. The van der Waals surface area contributed by atoms with Gasteiger partial charge in [-0.1, -0.05) is 20.8 Å². The molecule has 0 unspecified atom stereocenters. The van der Waals surface area contributed by atoms with Crippen molar-refractivity contribution in [3.63, 3.8) is 0 Å². The van der Waals surface area contributed by atoms with Gasteiger partial charge in [-0.2, -0.15) is 0 Å². The van der Waals surface area contributed by atoms with Crippen LogP contribution in [0.15, 0.2) is 18.2 Å². The van der Waals surface area contributed by atoms with Crippen LogP contribution in [0.5, 0.6) is 11.5 Å². The maximum atomic E-state index is 13.5. The second kappa shape index (κ2) is 11.1. The molecule has 0 radical (unpaired) electrons. The SMILES string of the molecule is CCOc1cc2c(nc1C(=O)NC)C(=N)N(CC(=O)c1cc(N(C)C)c(OCC(N)=O)c(C(C)(C)C)c1)C2. The standard InChI is InChI=1S/C27H36N6O5/c1-8-37-20-11-16-12-33(25(29)22(16)31-23(20)26(36)30-5)13-19(34)15-9-17(27(2,3)4)24(38-14-21(28)35)18(10-15)32(6)7/h9-11,29H,8,12-14H2,1-7H3,(H2,28,35)(H,30,36). The number of primary amides is 1. The van der Waals surface area contributed by atoms with Crippen LogP contribution in [-0.4, -0.2) is 74.2 Å². The molecule has 0 atom stereocenters. The Morgan fingerprint density at radius 3 is 2.42 bits per heavy atom. The van der Waals surface area contributed by atoms with E-state index in [-0.39, 0.29) is 37.0 Å². The lowest BCUT2D eigenvalue weighted by molar-refractivity contribution is -0.119. The maximum absolute atomic E-state index is 13.5. The van der Waals surface area contributed by atoms with Gasteiger partial charge in [-0.15, -0.1) is 0 Å². The summed E-state index contributed by atoms with van der Waals surface area (Å²) in [5, 5.41) is 11.2. The van der Waals surface area contributed by atoms with Gasteiger partial charge in [-0.3, -0.25) is 19.8 Å². The van der Waals surface area contributed by atoms with Crippen molar-refractivity contribution in [3.05, 3.63) is 46.3 Å². The predicted octanol–water partition coefficient (Wildman–Crippen LogP) is 2.09. The zero-order chi connectivity index (χ0) is 28.4. The van der Waals surface area contributed by atoms with Crippen LogP contribution in [0.1, 0.15) is 65.4 Å². The lowest BCUT2D eigenvalue weighted by atomic mass is 9.84. The number of pyridine rings is 1. The Hall–Kier alpha value is -4.15. The number of fused-ring (bicyclic) bond motifs is 1. The van der Waals surface area contributed by atoms with Gasteiger partial charge < -0.3 is 30.3 Å². The lowest BCUT2D eigenvalue weighted by Crippen LogP contribution is -2.31. The van der Waals surface area contributed by atoms with Crippen LogP contribution in [0.4, 0.5) is 5.69 Å². The molecule has 11 nitrogen and oxygen atoms in total. The summed E-state index contributed by atoms with van der Waals surface area (Å²) in [7, 11) is 5.15. The third kappa shape index (κ3) is 5.87. The molecule has 204 valence electrons. The van der Waals surface area contributed by atoms with E-state index < -0.39 is 17.2 Å². The summed E-state index contributed by atoms with van der Waals surface area (Å²) in [6, 6.07) is 5.20. The first kappa shape index (κ1) is 28.4. The van der Waals surface area contributed by atoms with Gasteiger partial charge in [0.05, 0.1) is 18.8 Å². The van der Waals surface area contributed by atoms with Gasteiger partial charge in [-0.05, 0) is 30.5 Å². The quantitative estimate of drug-likeness (QED) is 0.400. The molecule has 1 aromatic carbocycles. The second-order valence-corrected chi connectivity index (χ2v) is 10.3. The first-order valence-electron chi connectivity index (χ1n) is 12.3. The van der Waals surface area contributed by atoms with Gasteiger partial charge in [0.15, 0.2) is 23.8 Å². The molecule has 11 heteroatoms. The van der Waals surface area contributed by atoms with Crippen LogP contribution in [0.3, 0.4) is 0 Å². The van der Waals surface area contributed by atoms with Gasteiger partial charge >= 0.3 is 0 Å². The average Bonchev–Trinajstić information content (AvgIpc) is 3.14. The molecule has 3 rings (SSSR count). The summed E-state index contributed by atoms with van der Waals surface area (Å²) in [6.07, 6.45) is 0. The van der Waals surface area contributed by atoms with Crippen molar-refractivity contribution in [2.24, 2.45) is 5.73 Å². The Bertz CT molecular complexity index is 1280. The van der Waals surface area contributed by atoms with E-state index in [1.54, 1.807) is 23.1 Å². The molecule has 0 spiro atoms. The fraction of sp³-hybridized carbons (Fsp3) is 0.444. The molecule has 0 saturated heterocycles. The van der Waals surface area contributed by atoms with Gasteiger partial charge in [0.25, 0.3) is 11.8 Å². The number of benzene rings is 1. The molecule has 1 aromatic heterocycles. The molecule has 2 heterocycles. The Balaban J connectivity index is 1.96. The third-order valence-corrected chi connectivity index (χ3v) is 6.08. The van der Waals surface area contributed by atoms with Crippen molar-refractivity contribution in [1.82, 2.24) is 15.2 Å². The van der Waals surface area contributed by atoms with Crippen LogP contribution in [0, 0.1) is 5.41 Å². The third-order valence-electron chi connectivity index (χ3n) is 6.08. The number of hydrogen-bond acceptors (Lipinski definition) is 8. The van der Waals surface area contributed by atoms with Crippen LogP contribution >= 0.6 is 0 Å². The van der Waals surface area contributed by atoms with Crippen molar-refractivity contribution in [2.75, 3.05) is 45.8 Å². The van der Waals surface area contributed by atoms with Gasteiger partial charge in [0.1, 0.15) is 17.3 Å². The number of nitrogens with one attached hydrogen (secondary N) is 2. The molecular formula is C27H36N6O5. The minimum Gasteiger partial charge on any atom is -0.491 e. The molecule has 38 heavy (non-hydrogen) atoms. The van der Waals surface area contributed by atoms with Crippen molar-refractivity contribution in [3.8, 4) is 11.5 Å². The van der Waals surface area contributed by atoms with Crippen LogP contribution < -0.4 is 25.4 Å². The van der Waals surface area contributed by atoms with Crippen LogP contribution in [-0.2, 0) is 16.8 Å². The molecular weight excluding hydrogens is 488 g/mol. The summed E-state index contributed by atoms with van der Waals surface area (Å²) in [4.78, 5) is 45.1. The van der Waals surface area contributed by atoms with Crippen molar-refractivity contribution in [2.45, 2.75) is 39.7 Å². The Morgan fingerprint density at radius 2 is 1.87 bits per heavy atom. The van der Waals surface area contributed by atoms with E-state index in [0.29, 0.717) is 40.6 Å². The Kier molecular flexibility index (Phi) is 8.28. The molecule has 0 fully saturated rings. The lowest BCUT2D eigenvalue weighted by Gasteiger charge is -2.28. The highest BCUT2D eigenvalue weighted by molar-refractivity contribution is 6.06. The summed E-state index contributed by atoms with van der Waals surface area (Å²) >= 11 is 0. The van der Waals surface area contributed by atoms with E-state index >= 15 is 0 Å². The number of hydrogen-bond donors (Lipinski definition) is 3. The number of ether oxygens (including phenoxy) is 2. The number of rotatable bonds is 10. The predicted molar refractivity (Wildman–Crippen MR) is 145 cm³/mol. The highest BCUT2D eigenvalue weighted by Crippen LogP contribution is 2.40. The first-order valence-corrected chi connectivity index (χ1v) is 12.3. The van der Waals surface area contributed by atoms with Crippen LogP contribution in [0.25, 0.3) is 0 Å². The molecule has 0 bridgehead atoms. The number of nitrogens with zero attached hydrogens (tertiary/aromatic N) is 3. The van der Waals surface area contributed by atoms with E-state index in [1.807, 2.05) is 46.7 Å². The minimum atomic E-state index is -0.595. The average molecular weight is 525 g/mol. The fourth-order valence-electron chi connectivity index (χ4n) is 4.20. The Labute approximate surface area is 222 Å². The maximum Gasteiger partial charge on any atom is 0.273 e. The number of amidine groups is 1. The van der Waals surface area contributed by atoms with E-state index in [9.17, 15) is 14.4 Å². The number of carbonyl (C=O) groups excluding carboxylic acids is 3. The molecule has 2 amide bonds. The molecule has 2 aromatic rings. The number of Topliss-reactive ketones (excluding diaryl/α,β-unsaturated/α-hetero) is 1. The zero-order valence-corrected chi connectivity index (χ0v) is 23.0. The number of aromatic nitrogens is 1. The van der Waals surface area contributed by atoms with E-state index in [2.05, 4.69) is 10.3 Å². The van der Waals surface area contributed by atoms with Gasteiger partial charge in [0.2, 0.25) is 0 Å².